The van der Waals surface area contributed by atoms with Gasteiger partial charge in [0.2, 0.25) is 5.91 Å². The molecule has 1 atom stereocenters. The molecule has 2 fully saturated rings. The van der Waals surface area contributed by atoms with E-state index in [1.807, 2.05) is 0 Å². The molecule has 2 aliphatic rings. The minimum Gasteiger partial charge on any atom is -0.383 e. The molecule has 1 amide bonds. The number of ether oxygens (including phenoxy) is 1. The molecule has 4 heteroatoms. The van der Waals surface area contributed by atoms with E-state index in [1.54, 1.807) is 7.11 Å². The normalized spacial score (nSPS) is 28.9. The van der Waals surface area contributed by atoms with Crippen molar-refractivity contribution in [3.8, 4) is 0 Å². The summed E-state index contributed by atoms with van der Waals surface area (Å²) in [7, 11) is 1.75. The highest BCUT2D eigenvalue weighted by atomic mass is 16.5. The Kier molecular flexibility index (Phi) is 8.38. The first-order valence-corrected chi connectivity index (χ1v) is 9.72. The van der Waals surface area contributed by atoms with Crippen LogP contribution in [0, 0.1) is 17.8 Å². The Balaban J connectivity index is 1.59. The van der Waals surface area contributed by atoms with Crippen molar-refractivity contribution in [2.75, 3.05) is 39.9 Å². The average molecular weight is 325 g/mol. The van der Waals surface area contributed by atoms with E-state index in [2.05, 4.69) is 17.1 Å². The van der Waals surface area contributed by atoms with Crippen molar-refractivity contribution >= 4 is 5.91 Å². The third kappa shape index (κ3) is 6.42. The summed E-state index contributed by atoms with van der Waals surface area (Å²) in [6.45, 7) is 7.19. The number of methoxy groups -OCH3 is 1. The van der Waals surface area contributed by atoms with Crippen LogP contribution in [0.15, 0.2) is 0 Å². The summed E-state index contributed by atoms with van der Waals surface area (Å²) in [6, 6.07) is 0. The summed E-state index contributed by atoms with van der Waals surface area (Å²) in [5, 5.41) is 3.23. The van der Waals surface area contributed by atoms with Gasteiger partial charge >= 0.3 is 0 Å². The maximum absolute atomic E-state index is 12.4. The topological polar surface area (TPSA) is 41.6 Å². The molecule has 0 spiro atoms. The van der Waals surface area contributed by atoms with E-state index in [9.17, 15) is 4.79 Å². The van der Waals surface area contributed by atoms with Crippen LogP contribution >= 0.6 is 0 Å². The highest BCUT2D eigenvalue weighted by molar-refractivity contribution is 5.78. The van der Waals surface area contributed by atoms with Gasteiger partial charge in [0.25, 0.3) is 0 Å². The third-order valence-electron chi connectivity index (χ3n) is 5.73. The van der Waals surface area contributed by atoms with Gasteiger partial charge in [-0.3, -0.25) is 4.79 Å². The van der Waals surface area contributed by atoms with Crippen LogP contribution in [0.25, 0.3) is 0 Å². The molecular weight excluding hydrogens is 288 g/mol. The smallest absolute Gasteiger partial charge is 0.223 e. The molecule has 23 heavy (non-hydrogen) atoms. The number of nitrogens with one attached hydrogen (secondary N) is 1. The van der Waals surface area contributed by atoms with Crippen molar-refractivity contribution < 1.29 is 9.53 Å². The molecule has 134 valence electrons. The van der Waals surface area contributed by atoms with Gasteiger partial charge in [0.1, 0.15) is 0 Å². The van der Waals surface area contributed by atoms with Crippen molar-refractivity contribution in [3.63, 3.8) is 0 Å². The van der Waals surface area contributed by atoms with E-state index in [0.717, 1.165) is 51.5 Å². The molecule has 0 aromatic rings. The largest absolute Gasteiger partial charge is 0.383 e. The number of likely N-dealkylation sites (tertiary alicyclic amines) is 1. The number of carbonyl (C=O) groups is 1. The Morgan fingerprint density at radius 2 is 1.96 bits per heavy atom. The first-order chi connectivity index (χ1) is 11.2. The summed E-state index contributed by atoms with van der Waals surface area (Å²) < 4.78 is 5.14. The molecule has 1 heterocycles. The monoisotopic (exact) mass is 324 g/mol. The second kappa shape index (κ2) is 10.3. The fraction of sp³-hybridized carbons (Fsp3) is 0.947. The maximum Gasteiger partial charge on any atom is 0.223 e. The maximum atomic E-state index is 12.4. The van der Waals surface area contributed by atoms with E-state index in [-0.39, 0.29) is 5.92 Å². The summed E-state index contributed by atoms with van der Waals surface area (Å²) in [4.78, 5) is 14.8. The van der Waals surface area contributed by atoms with Gasteiger partial charge in [-0.1, -0.05) is 26.2 Å². The van der Waals surface area contributed by atoms with Crippen LogP contribution in [0.4, 0.5) is 0 Å². The quantitative estimate of drug-likeness (QED) is 0.709. The van der Waals surface area contributed by atoms with Gasteiger partial charge < -0.3 is 15.0 Å². The fourth-order valence-electron chi connectivity index (χ4n) is 4.10. The minimum absolute atomic E-state index is 0.277. The lowest BCUT2D eigenvalue weighted by molar-refractivity contribution is -0.126. The highest BCUT2D eigenvalue weighted by Crippen LogP contribution is 2.32. The van der Waals surface area contributed by atoms with E-state index in [1.165, 1.54) is 38.5 Å². The molecule has 0 aromatic carbocycles. The fourth-order valence-corrected chi connectivity index (χ4v) is 4.10. The minimum atomic E-state index is 0.277. The Labute approximate surface area is 142 Å². The first kappa shape index (κ1) is 18.7. The third-order valence-corrected chi connectivity index (χ3v) is 5.73. The van der Waals surface area contributed by atoms with Gasteiger partial charge in [-0.15, -0.1) is 0 Å². The molecule has 1 saturated carbocycles. The van der Waals surface area contributed by atoms with Crippen LogP contribution in [0.2, 0.25) is 0 Å². The number of hydrogen-bond donors (Lipinski definition) is 1. The predicted octanol–water partition coefficient (Wildman–Crippen LogP) is 3.07. The lowest BCUT2D eigenvalue weighted by Gasteiger charge is -2.28. The number of hydrogen-bond acceptors (Lipinski definition) is 3. The number of carbonyl (C=O) groups excluding carboxylic acids is 1. The number of amides is 1. The van der Waals surface area contributed by atoms with Gasteiger partial charge in [0.05, 0.1) is 6.61 Å². The molecule has 1 aliphatic heterocycles. The van der Waals surface area contributed by atoms with Crippen molar-refractivity contribution in [1.29, 1.82) is 0 Å². The molecule has 2 rings (SSSR count). The van der Waals surface area contributed by atoms with Crippen LogP contribution in [-0.4, -0.2) is 50.7 Å². The standard InChI is InChI=1S/C19H36N2O2/c1-3-4-5-16-6-8-18(9-7-16)19(22)20-14-17-10-11-21(15-17)12-13-23-2/h16-18H,3-15H2,1-2H3,(H,20,22). The Morgan fingerprint density at radius 1 is 1.17 bits per heavy atom. The summed E-state index contributed by atoms with van der Waals surface area (Å²) >= 11 is 0. The van der Waals surface area contributed by atoms with Gasteiger partial charge in [-0.05, 0) is 50.5 Å². The molecule has 0 radical (unpaired) electrons. The van der Waals surface area contributed by atoms with Crippen LogP contribution in [-0.2, 0) is 9.53 Å². The van der Waals surface area contributed by atoms with Gasteiger partial charge in [0, 0.05) is 32.7 Å². The second-order valence-electron chi connectivity index (χ2n) is 7.55. The van der Waals surface area contributed by atoms with Crippen LogP contribution in [0.3, 0.4) is 0 Å². The van der Waals surface area contributed by atoms with Gasteiger partial charge in [-0.25, -0.2) is 0 Å². The molecule has 1 unspecified atom stereocenters. The average Bonchev–Trinajstić information content (AvgIpc) is 3.04. The van der Waals surface area contributed by atoms with E-state index >= 15 is 0 Å². The summed E-state index contributed by atoms with van der Waals surface area (Å²) in [6.07, 6.45) is 9.93. The van der Waals surface area contributed by atoms with Crippen LogP contribution in [0.5, 0.6) is 0 Å². The van der Waals surface area contributed by atoms with Crippen LogP contribution in [0.1, 0.15) is 58.3 Å². The molecule has 0 aromatic heterocycles. The van der Waals surface area contributed by atoms with Gasteiger partial charge in [0.15, 0.2) is 0 Å². The Hall–Kier alpha value is -0.610. The first-order valence-electron chi connectivity index (χ1n) is 9.72. The van der Waals surface area contributed by atoms with Crippen molar-refractivity contribution in [3.05, 3.63) is 0 Å². The van der Waals surface area contributed by atoms with E-state index in [4.69, 9.17) is 4.74 Å². The zero-order valence-corrected chi connectivity index (χ0v) is 15.2. The van der Waals surface area contributed by atoms with Crippen molar-refractivity contribution in [1.82, 2.24) is 10.2 Å². The highest BCUT2D eigenvalue weighted by Gasteiger charge is 2.27. The summed E-state index contributed by atoms with van der Waals surface area (Å²) in [5.41, 5.74) is 0. The Morgan fingerprint density at radius 3 is 2.65 bits per heavy atom. The Bertz CT molecular complexity index is 340. The predicted molar refractivity (Wildman–Crippen MR) is 94.4 cm³/mol. The zero-order valence-electron chi connectivity index (χ0n) is 15.2. The van der Waals surface area contributed by atoms with Crippen LogP contribution < -0.4 is 5.32 Å². The van der Waals surface area contributed by atoms with Crippen molar-refractivity contribution in [2.24, 2.45) is 17.8 Å². The van der Waals surface area contributed by atoms with E-state index in [0.29, 0.717) is 11.8 Å². The number of rotatable bonds is 9. The molecular formula is C19H36N2O2. The number of unbranched alkanes of at least 4 members (excludes halogenated alkanes) is 1. The lowest BCUT2D eigenvalue weighted by Crippen LogP contribution is -2.37. The SMILES string of the molecule is CCCCC1CCC(C(=O)NCC2CCN(CCOC)C2)CC1. The summed E-state index contributed by atoms with van der Waals surface area (Å²) in [5.74, 6) is 2.09. The zero-order chi connectivity index (χ0) is 16.5. The molecule has 0 bridgehead atoms. The lowest BCUT2D eigenvalue weighted by atomic mass is 9.79. The van der Waals surface area contributed by atoms with E-state index < -0.39 is 0 Å². The molecule has 1 saturated heterocycles. The van der Waals surface area contributed by atoms with Gasteiger partial charge in [-0.2, -0.15) is 0 Å². The number of nitrogens with zero attached hydrogens (tertiary/aromatic N) is 1. The molecule has 1 N–H and O–H groups in total. The molecule has 1 aliphatic carbocycles. The molecule has 4 nitrogen and oxygen atoms in total. The second-order valence-corrected chi connectivity index (χ2v) is 7.55. The van der Waals surface area contributed by atoms with Crippen molar-refractivity contribution in [2.45, 2.75) is 58.3 Å².